The summed E-state index contributed by atoms with van der Waals surface area (Å²) < 4.78 is 40.7. The van der Waals surface area contributed by atoms with Crippen LogP contribution in [0, 0.1) is 5.92 Å². The van der Waals surface area contributed by atoms with Gasteiger partial charge in [0.2, 0.25) is 11.0 Å². The molecule has 0 radical (unpaired) electrons. The second kappa shape index (κ2) is 5.24. The van der Waals surface area contributed by atoms with Crippen LogP contribution in [0.1, 0.15) is 38.4 Å². The van der Waals surface area contributed by atoms with Gasteiger partial charge < -0.3 is 11.1 Å². The monoisotopic (exact) mass is 294 g/mol. The molecule has 0 aromatic carbocycles. The lowest BCUT2D eigenvalue weighted by Gasteiger charge is -2.39. The minimum atomic E-state index is -4.49. The van der Waals surface area contributed by atoms with Gasteiger partial charge in [-0.2, -0.15) is 22.5 Å². The van der Waals surface area contributed by atoms with E-state index in [2.05, 4.69) is 21.6 Å². The van der Waals surface area contributed by atoms with Gasteiger partial charge in [-0.05, 0) is 18.8 Å². The molecule has 108 valence electrons. The van der Waals surface area contributed by atoms with Crippen molar-refractivity contribution in [1.29, 1.82) is 0 Å². The lowest BCUT2D eigenvalue weighted by molar-refractivity contribution is -0.144. The Kier molecular flexibility index (Phi) is 4.00. The van der Waals surface area contributed by atoms with Gasteiger partial charge in [0, 0.05) is 18.1 Å². The van der Waals surface area contributed by atoms with Gasteiger partial charge in [0.15, 0.2) is 0 Å². The highest BCUT2D eigenvalue weighted by Gasteiger charge is 2.38. The van der Waals surface area contributed by atoms with Crippen LogP contribution in [-0.2, 0) is 6.18 Å². The zero-order valence-electron chi connectivity index (χ0n) is 10.6. The molecule has 19 heavy (non-hydrogen) atoms. The Morgan fingerprint density at radius 3 is 2.79 bits per heavy atom. The van der Waals surface area contributed by atoms with E-state index in [0.717, 1.165) is 37.2 Å². The average molecular weight is 294 g/mol. The summed E-state index contributed by atoms with van der Waals surface area (Å²) in [5.41, 5.74) is 5.47. The Morgan fingerprint density at radius 2 is 2.26 bits per heavy atom. The summed E-state index contributed by atoms with van der Waals surface area (Å²) >= 11 is 0.737. The van der Waals surface area contributed by atoms with E-state index in [4.69, 9.17) is 5.73 Å². The highest BCUT2D eigenvalue weighted by Crippen LogP contribution is 2.36. The van der Waals surface area contributed by atoms with E-state index < -0.39 is 12.0 Å². The van der Waals surface area contributed by atoms with Crippen molar-refractivity contribution in [3.05, 3.63) is 5.82 Å². The maximum Gasteiger partial charge on any atom is 0.452 e. The zero-order valence-corrected chi connectivity index (χ0v) is 11.4. The van der Waals surface area contributed by atoms with Crippen LogP contribution in [-0.4, -0.2) is 21.4 Å². The minimum Gasteiger partial charge on any atom is -0.354 e. The maximum absolute atomic E-state index is 12.4. The fraction of sp³-hybridized carbons (Fsp3) is 0.818. The first-order valence-electron chi connectivity index (χ1n) is 6.24. The number of alkyl halides is 3. The van der Waals surface area contributed by atoms with Crippen molar-refractivity contribution in [3.8, 4) is 0 Å². The standard InChI is InChI=1S/C11H17F3N4S/c1-7-3-2-4-10(5-7,6-15)17-9-16-8(18-19-9)11(12,13)14/h7H,2-6,15H2,1H3,(H,16,17,18). The van der Waals surface area contributed by atoms with Gasteiger partial charge in [-0.3, -0.25) is 0 Å². The Morgan fingerprint density at radius 1 is 1.53 bits per heavy atom. The molecule has 0 amide bonds. The van der Waals surface area contributed by atoms with Gasteiger partial charge in [0.25, 0.3) is 0 Å². The van der Waals surface area contributed by atoms with Crippen LogP contribution in [0.5, 0.6) is 0 Å². The van der Waals surface area contributed by atoms with Gasteiger partial charge in [-0.25, -0.2) is 0 Å². The Balaban J connectivity index is 2.12. The molecule has 0 saturated heterocycles. The molecule has 2 unspecified atom stereocenters. The van der Waals surface area contributed by atoms with Gasteiger partial charge >= 0.3 is 6.18 Å². The second-order valence-electron chi connectivity index (χ2n) is 5.23. The van der Waals surface area contributed by atoms with Crippen molar-refractivity contribution >= 4 is 16.7 Å². The summed E-state index contributed by atoms with van der Waals surface area (Å²) in [6, 6.07) is 0. The van der Waals surface area contributed by atoms with E-state index in [1.165, 1.54) is 0 Å². The van der Waals surface area contributed by atoms with Crippen LogP contribution in [0.3, 0.4) is 0 Å². The van der Waals surface area contributed by atoms with Gasteiger partial charge in [0.1, 0.15) is 0 Å². The smallest absolute Gasteiger partial charge is 0.354 e. The molecule has 1 saturated carbocycles. The van der Waals surface area contributed by atoms with E-state index in [1.54, 1.807) is 0 Å². The quantitative estimate of drug-likeness (QED) is 0.899. The van der Waals surface area contributed by atoms with E-state index in [9.17, 15) is 13.2 Å². The molecule has 8 heteroatoms. The molecule has 3 N–H and O–H groups in total. The Bertz CT molecular complexity index is 434. The van der Waals surface area contributed by atoms with Crippen molar-refractivity contribution in [2.75, 3.05) is 11.9 Å². The fourth-order valence-corrected chi connectivity index (χ4v) is 3.33. The molecule has 0 aliphatic heterocycles. The molecule has 2 atom stereocenters. The molecule has 0 spiro atoms. The fourth-order valence-electron chi connectivity index (χ4n) is 2.63. The summed E-state index contributed by atoms with van der Waals surface area (Å²) in [5, 5.41) is 3.29. The highest BCUT2D eigenvalue weighted by molar-refractivity contribution is 7.09. The van der Waals surface area contributed by atoms with E-state index in [0.29, 0.717) is 12.5 Å². The average Bonchev–Trinajstić information content (AvgIpc) is 2.77. The SMILES string of the molecule is CC1CCCC(CN)(Nc2nc(C(F)(F)F)ns2)C1. The number of hydrogen-bond acceptors (Lipinski definition) is 5. The van der Waals surface area contributed by atoms with Gasteiger partial charge in [0.05, 0.1) is 5.54 Å². The van der Waals surface area contributed by atoms with E-state index in [1.807, 2.05) is 0 Å². The molecule has 1 aliphatic carbocycles. The lowest BCUT2D eigenvalue weighted by atomic mass is 9.76. The number of nitrogens with two attached hydrogens (primary N) is 1. The molecule has 1 aliphatic rings. The molecule has 1 aromatic rings. The largest absolute Gasteiger partial charge is 0.452 e. The van der Waals surface area contributed by atoms with Crippen LogP contribution in [0.2, 0.25) is 0 Å². The molecule has 0 bridgehead atoms. The Labute approximate surface area is 113 Å². The number of nitrogens with one attached hydrogen (secondary N) is 1. The van der Waals surface area contributed by atoms with Gasteiger partial charge in [-0.1, -0.05) is 19.8 Å². The summed E-state index contributed by atoms with van der Waals surface area (Å²) in [5.74, 6) is -0.573. The predicted octanol–water partition coefficient (Wildman–Crippen LogP) is 2.88. The van der Waals surface area contributed by atoms with Crippen molar-refractivity contribution < 1.29 is 13.2 Å². The number of anilines is 1. The highest BCUT2D eigenvalue weighted by atomic mass is 32.1. The van der Waals surface area contributed by atoms with Crippen LogP contribution in [0.25, 0.3) is 0 Å². The first-order chi connectivity index (χ1) is 8.85. The molecule has 1 aromatic heterocycles. The van der Waals surface area contributed by atoms with Crippen LogP contribution in [0.15, 0.2) is 0 Å². The Hall–Kier alpha value is -0.890. The third-order valence-electron chi connectivity index (χ3n) is 3.53. The third-order valence-corrected chi connectivity index (χ3v) is 4.16. The summed E-state index contributed by atoms with van der Waals surface area (Å²) in [6.45, 7) is 2.52. The third kappa shape index (κ3) is 3.36. The van der Waals surface area contributed by atoms with Crippen LogP contribution < -0.4 is 11.1 Å². The lowest BCUT2D eigenvalue weighted by Crippen LogP contribution is -2.48. The normalized spacial score (nSPS) is 28.4. The number of aromatic nitrogens is 2. The number of halogens is 3. The van der Waals surface area contributed by atoms with Gasteiger partial charge in [-0.15, -0.1) is 0 Å². The van der Waals surface area contributed by atoms with Crippen molar-refractivity contribution in [2.45, 2.75) is 44.3 Å². The van der Waals surface area contributed by atoms with E-state index in [-0.39, 0.29) is 10.7 Å². The molecular weight excluding hydrogens is 277 g/mol. The number of hydrogen-bond donors (Lipinski definition) is 2. The second-order valence-corrected chi connectivity index (χ2v) is 5.98. The topological polar surface area (TPSA) is 63.8 Å². The zero-order chi connectivity index (χ0) is 14.1. The van der Waals surface area contributed by atoms with Crippen LogP contribution >= 0.6 is 11.5 Å². The molecule has 4 nitrogen and oxygen atoms in total. The maximum atomic E-state index is 12.4. The molecule has 1 heterocycles. The molecular formula is C11H17F3N4S. The molecule has 2 rings (SSSR count). The molecule has 1 fully saturated rings. The first kappa shape index (κ1) is 14.5. The van der Waals surface area contributed by atoms with Crippen LogP contribution in [0.4, 0.5) is 18.3 Å². The first-order valence-corrected chi connectivity index (χ1v) is 7.01. The van der Waals surface area contributed by atoms with Crippen molar-refractivity contribution in [3.63, 3.8) is 0 Å². The summed E-state index contributed by atoms with van der Waals surface area (Å²) in [6.07, 6.45) is -0.630. The van der Waals surface area contributed by atoms with Crippen molar-refractivity contribution in [2.24, 2.45) is 11.7 Å². The minimum absolute atomic E-state index is 0.201. The van der Waals surface area contributed by atoms with Crippen molar-refractivity contribution in [1.82, 2.24) is 9.36 Å². The number of nitrogens with zero attached hydrogens (tertiary/aromatic N) is 2. The summed E-state index contributed by atoms with van der Waals surface area (Å²) in [4.78, 5) is 3.51. The number of rotatable bonds is 3. The summed E-state index contributed by atoms with van der Waals surface area (Å²) in [7, 11) is 0. The van der Waals surface area contributed by atoms with E-state index >= 15 is 0 Å². The predicted molar refractivity (Wildman–Crippen MR) is 68.0 cm³/mol.